The fourth-order valence-corrected chi connectivity index (χ4v) is 4.26. The molecule has 1 saturated heterocycles. The number of hydrogen-bond donors (Lipinski definition) is 1. The normalized spacial score (nSPS) is 15.0. The molecule has 9 heteroatoms. The zero-order chi connectivity index (χ0) is 22.5. The number of carbonyl (C=O) groups is 2. The Labute approximate surface area is 191 Å². The Balaban J connectivity index is 1.78. The maximum absolute atomic E-state index is 12.7. The number of anilines is 2. The summed E-state index contributed by atoms with van der Waals surface area (Å²) in [4.78, 5) is 32.7. The summed E-state index contributed by atoms with van der Waals surface area (Å²) in [6.07, 6.45) is 2.37. The molecule has 2 amide bonds. The van der Waals surface area contributed by atoms with Gasteiger partial charge in [0.2, 0.25) is 5.91 Å². The van der Waals surface area contributed by atoms with Gasteiger partial charge in [0.25, 0.3) is 5.91 Å². The molecule has 0 aliphatic carbocycles. The van der Waals surface area contributed by atoms with Crippen LogP contribution in [0, 0.1) is 13.8 Å². The average molecular weight is 459 g/mol. The predicted molar refractivity (Wildman–Crippen MR) is 127 cm³/mol. The van der Waals surface area contributed by atoms with E-state index in [4.69, 9.17) is 17.0 Å². The van der Waals surface area contributed by atoms with Gasteiger partial charge in [-0.2, -0.15) is 0 Å². The molecule has 0 spiro atoms. The minimum atomic E-state index is -0.186. The first-order valence-electron chi connectivity index (χ1n) is 10.1. The van der Waals surface area contributed by atoms with Gasteiger partial charge in [-0.25, -0.2) is 4.98 Å². The Morgan fingerprint density at radius 1 is 1.35 bits per heavy atom. The predicted octanol–water partition coefficient (Wildman–Crippen LogP) is 3.93. The van der Waals surface area contributed by atoms with E-state index in [0.29, 0.717) is 47.8 Å². The van der Waals surface area contributed by atoms with Gasteiger partial charge in [0.05, 0.1) is 11.4 Å². The number of nitrogens with zero attached hydrogens (tertiary/aromatic N) is 3. The van der Waals surface area contributed by atoms with Gasteiger partial charge in [-0.05, 0) is 68.7 Å². The third-order valence-electron chi connectivity index (χ3n) is 4.89. The van der Waals surface area contributed by atoms with E-state index in [1.54, 1.807) is 11.0 Å². The van der Waals surface area contributed by atoms with Crippen molar-refractivity contribution >= 4 is 57.4 Å². The third kappa shape index (κ3) is 5.36. The van der Waals surface area contributed by atoms with E-state index in [-0.39, 0.29) is 11.8 Å². The first-order chi connectivity index (χ1) is 14.8. The van der Waals surface area contributed by atoms with Crippen LogP contribution in [0.25, 0.3) is 6.08 Å². The highest BCUT2D eigenvalue weighted by atomic mass is 32.1. The average Bonchev–Trinajstić information content (AvgIpc) is 3.27. The Morgan fingerprint density at radius 3 is 2.81 bits per heavy atom. The number of hydrogen-bond acceptors (Lipinski definition) is 6. The molecular weight excluding hydrogens is 432 g/mol. The minimum Gasteiger partial charge on any atom is -0.382 e. The highest BCUT2D eigenvalue weighted by Crippen LogP contribution is 2.31. The lowest BCUT2D eigenvalue weighted by atomic mass is 10.1. The van der Waals surface area contributed by atoms with Crippen molar-refractivity contribution in [3.05, 3.63) is 46.1 Å². The van der Waals surface area contributed by atoms with Crippen molar-refractivity contribution < 1.29 is 14.3 Å². The van der Waals surface area contributed by atoms with Gasteiger partial charge in [-0.3, -0.25) is 19.4 Å². The second kappa shape index (κ2) is 10.1. The monoisotopic (exact) mass is 458 g/mol. The number of nitrogens with one attached hydrogen (secondary N) is 1. The van der Waals surface area contributed by atoms with Gasteiger partial charge in [0.1, 0.15) is 5.70 Å². The molecule has 1 aliphatic heterocycles. The van der Waals surface area contributed by atoms with Gasteiger partial charge in [-0.1, -0.05) is 6.07 Å². The fourth-order valence-electron chi connectivity index (χ4n) is 3.13. The number of carbonyl (C=O) groups excluding carboxylic acids is 2. The molecule has 0 atom stereocenters. The van der Waals surface area contributed by atoms with Crippen molar-refractivity contribution in [3.63, 3.8) is 0 Å². The lowest BCUT2D eigenvalue weighted by Crippen LogP contribution is -2.32. The van der Waals surface area contributed by atoms with E-state index in [1.165, 1.54) is 23.2 Å². The highest BCUT2D eigenvalue weighted by molar-refractivity contribution is 7.80. The van der Waals surface area contributed by atoms with Crippen molar-refractivity contribution in [1.82, 2.24) is 15.2 Å². The van der Waals surface area contributed by atoms with Crippen molar-refractivity contribution in [3.8, 4) is 0 Å². The maximum Gasteiger partial charge on any atom is 0.276 e. The van der Waals surface area contributed by atoms with Crippen LogP contribution in [-0.2, 0) is 14.3 Å². The number of benzene rings is 1. The van der Waals surface area contributed by atoms with E-state index >= 15 is 0 Å². The van der Waals surface area contributed by atoms with E-state index in [9.17, 15) is 9.59 Å². The Hall–Kier alpha value is -2.62. The van der Waals surface area contributed by atoms with E-state index < -0.39 is 0 Å². The van der Waals surface area contributed by atoms with E-state index in [1.807, 2.05) is 44.4 Å². The quantitative estimate of drug-likeness (QED) is 0.367. The summed E-state index contributed by atoms with van der Waals surface area (Å²) in [5, 5.41) is 5.70. The number of aryl methyl sites for hydroxylation is 2. The SMILES string of the molecule is CCOCCCN1C(=O)/C(=C\c2csc(N(C(C)=O)c3ccc(C)c(C)c3)n2)NC1=S. The Morgan fingerprint density at radius 2 is 2.13 bits per heavy atom. The minimum absolute atomic E-state index is 0.131. The molecule has 1 aromatic carbocycles. The standard InChI is InChI=1S/C22H26N4O3S2/c1-5-29-10-6-9-25-20(28)19(24-21(25)30)12-17-13-31-22(23-17)26(16(4)27)18-8-7-14(2)15(3)11-18/h7-8,11-13H,5-6,9-10H2,1-4H3,(H,24,30)/b19-12+. The van der Waals surface area contributed by atoms with Gasteiger partial charge in [-0.15, -0.1) is 11.3 Å². The van der Waals surface area contributed by atoms with E-state index in [0.717, 1.165) is 16.8 Å². The zero-order valence-electron chi connectivity index (χ0n) is 18.1. The van der Waals surface area contributed by atoms with Crippen LogP contribution in [0.4, 0.5) is 10.8 Å². The molecule has 1 aliphatic rings. The van der Waals surface area contributed by atoms with Crippen molar-refractivity contribution in [2.45, 2.75) is 34.1 Å². The summed E-state index contributed by atoms with van der Waals surface area (Å²) in [6, 6.07) is 5.86. The van der Waals surface area contributed by atoms with Crippen LogP contribution in [0.2, 0.25) is 0 Å². The summed E-state index contributed by atoms with van der Waals surface area (Å²) in [7, 11) is 0. The van der Waals surface area contributed by atoms with E-state index in [2.05, 4.69) is 10.3 Å². The number of rotatable bonds is 8. The molecule has 0 bridgehead atoms. The molecular formula is C22H26N4O3S2. The molecule has 2 aromatic rings. The smallest absolute Gasteiger partial charge is 0.276 e. The van der Waals surface area contributed by atoms with Crippen molar-refractivity contribution in [2.24, 2.45) is 0 Å². The number of aromatic nitrogens is 1. The number of amides is 2. The molecule has 0 unspecified atom stereocenters. The lowest BCUT2D eigenvalue weighted by Gasteiger charge is -2.19. The third-order valence-corrected chi connectivity index (χ3v) is 6.06. The number of thiocarbonyl (C=S) groups is 1. The molecule has 3 rings (SSSR count). The summed E-state index contributed by atoms with van der Waals surface area (Å²) in [5.41, 5.74) is 3.98. The van der Waals surface area contributed by atoms with Crippen LogP contribution in [-0.4, -0.2) is 46.6 Å². The van der Waals surface area contributed by atoms with Gasteiger partial charge in [0, 0.05) is 32.1 Å². The Bertz CT molecular complexity index is 1030. The fraction of sp³-hybridized carbons (Fsp3) is 0.364. The van der Waals surface area contributed by atoms with Gasteiger partial charge in [0.15, 0.2) is 10.2 Å². The topological polar surface area (TPSA) is 74.8 Å². The molecule has 7 nitrogen and oxygen atoms in total. The van der Waals surface area contributed by atoms with Crippen molar-refractivity contribution in [1.29, 1.82) is 0 Å². The number of ether oxygens (including phenoxy) is 1. The molecule has 0 saturated carbocycles. The molecule has 2 heterocycles. The van der Waals surface area contributed by atoms with Crippen LogP contribution in [0.5, 0.6) is 0 Å². The van der Waals surface area contributed by atoms with Gasteiger partial charge < -0.3 is 10.1 Å². The first kappa shape index (κ1) is 23.1. The highest BCUT2D eigenvalue weighted by Gasteiger charge is 2.30. The second-order valence-electron chi connectivity index (χ2n) is 7.17. The zero-order valence-corrected chi connectivity index (χ0v) is 19.7. The first-order valence-corrected chi connectivity index (χ1v) is 11.4. The maximum atomic E-state index is 12.7. The largest absolute Gasteiger partial charge is 0.382 e. The van der Waals surface area contributed by atoms with Crippen LogP contribution in [0.1, 0.15) is 37.1 Å². The summed E-state index contributed by atoms with van der Waals surface area (Å²) in [6.45, 7) is 9.20. The summed E-state index contributed by atoms with van der Waals surface area (Å²) in [5.74, 6) is -0.317. The summed E-state index contributed by atoms with van der Waals surface area (Å²) >= 11 is 6.64. The van der Waals surface area contributed by atoms with Gasteiger partial charge >= 0.3 is 0 Å². The molecule has 31 heavy (non-hydrogen) atoms. The van der Waals surface area contributed by atoms with Crippen LogP contribution in [0.3, 0.4) is 0 Å². The molecule has 1 aromatic heterocycles. The molecule has 0 radical (unpaired) electrons. The second-order valence-corrected chi connectivity index (χ2v) is 8.40. The molecule has 1 fully saturated rings. The lowest BCUT2D eigenvalue weighted by molar-refractivity contribution is -0.122. The van der Waals surface area contributed by atoms with Crippen LogP contribution in [0.15, 0.2) is 29.3 Å². The van der Waals surface area contributed by atoms with Crippen LogP contribution < -0.4 is 10.2 Å². The molecule has 1 N–H and O–H groups in total. The van der Waals surface area contributed by atoms with Crippen molar-refractivity contribution in [2.75, 3.05) is 24.7 Å². The number of thiazole rings is 1. The Kier molecular flexibility index (Phi) is 7.53. The molecule has 164 valence electrons. The summed E-state index contributed by atoms with van der Waals surface area (Å²) < 4.78 is 5.32. The van der Waals surface area contributed by atoms with Crippen LogP contribution >= 0.6 is 23.6 Å².